The van der Waals surface area contributed by atoms with Gasteiger partial charge in [-0.1, -0.05) is 42.8 Å². The predicted octanol–water partition coefficient (Wildman–Crippen LogP) is 3.58. The first kappa shape index (κ1) is 63.2. The maximum absolute atomic E-state index is 14.1. The first-order chi connectivity index (χ1) is 38.9. The molecule has 28 heteroatoms. The number of amides is 9. The number of hydrogen-bond donors (Lipinski definition) is 8. The Morgan fingerprint density at radius 1 is 0.866 bits per heavy atom. The SMILES string of the molecule is Cc1ncsc1-c1ccc([C@H](C)NC(=O)[C@@H]2C[C@@H](OC(=O)OC(C(=O)N3CCN(C)CC3)c3ccc(NC(=O)[C@H](CCCNC(N)=O)NC(=O)C4(C(=O)NCCCCCN5C(=O)C=CC5=O)CCC4)cc3)CN2)cc1.O=C(O)C(F)(F)F. The second-order valence-corrected chi connectivity index (χ2v) is 21.1. The number of aromatic nitrogens is 1. The lowest BCUT2D eigenvalue weighted by atomic mass is 9.67. The van der Waals surface area contributed by atoms with Gasteiger partial charge >= 0.3 is 24.3 Å². The molecule has 2 aromatic carbocycles. The normalized spacial score (nSPS) is 18.6. The van der Waals surface area contributed by atoms with Crippen LogP contribution in [0.25, 0.3) is 10.4 Å². The number of thiazole rings is 1. The molecule has 2 saturated heterocycles. The smallest absolute Gasteiger partial charge is 0.475 e. The standard InChI is InChI=1S/C52H67N11O11S.C2HF3O2/c1-32(34-10-12-36(13-11-34)44-33(2)57-31-75-44)58-46(67)40-29-38(30-56-40)73-51(72)74-43(47(68)62-27-25-61(3)26-28-62)35-14-16-37(17-15-35)59-45(66)39(9-7-23-55-50(53)71)60-49(70)52(20-8-21-52)48(69)54-22-5-4-6-24-63-41(64)18-19-42(63)65;3-2(4,5)1(6)7/h10-19,31-32,38-40,43,56H,4-9,20-30H2,1-3H3,(H,54,69)(H,58,67)(H,59,66)(H,60,70)(H3,53,55,71);(H,6,7)/t32-,38+,39-,40-,43?;/m0./s1. The number of carbonyl (C=O) groups excluding carboxylic acids is 9. The molecule has 1 saturated carbocycles. The number of hydrogen-bond acceptors (Lipinski definition) is 16. The Bertz CT molecular complexity index is 2810. The predicted molar refractivity (Wildman–Crippen MR) is 290 cm³/mol. The molecule has 4 aliphatic rings. The van der Waals surface area contributed by atoms with Gasteiger partial charge in [0.25, 0.3) is 17.7 Å². The Kier molecular flexibility index (Phi) is 22.5. The molecule has 1 unspecified atom stereocenters. The van der Waals surface area contributed by atoms with Crippen LogP contribution in [0.15, 0.2) is 66.2 Å². The van der Waals surface area contributed by atoms with E-state index in [0.29, 0.717) is 57.4 Å². The molecule has 7 rings (SSSR count). The van der Waals surface area contributed by atoms with Crippen LogP contribution in [0.2, 0.25) is 0 Å². The molecular formula is C54H68F3N11O13S. The van der Waals surface area contributed by atoms with Gasteiger partial charge in [0.2, 0.25) is 29.7 Å². The van der Waals surface area contributed by atoms with E-state index in [-0.39, 0.29) is 87.7 Å². The van der Waals surface area contributed by atoms with Crippen LogP contribution >= 0.6 is 11.3 Å². The number of unbranched alkanes of at least 4 members (excludes halogenated alkanes) is 2. The van der Waals surface area contributed by atoms with Gasteiger partial charge in [-0.05, 0) is 89.1 Å². The van der Waals surface area contributed by atoms with Crippen molar-refractivity contribution in [2.45, 2.75) is 108 Å². The van der Waals surface area contributed by atoms with Gasteiger partial charge < -0.3 is 62.0 Å². The highest BCUT2D eigenvalue weighted by atomic mass is 32.1. The number of carboxylic acids is 1. The highest BCUT2D eigenvalue weighted by Crippen LogP contribution is 2.42. The fraction of sp³-hybridized carbons (Fsp3) is 0.500. The molecule has 9 N–H and O–H groups in total. The summed E-state index contributed by atoms with van der Waals surface area (Å²) in [6, 6.07) is 11.2. The topological polar surface area (TPSA) is 330 Å². The number of primary amides is 1. The molecule has 3 aromatic rings. The number of aryl methyl sites for hydroxylation is 1. The number of urea groups is 1. The number of halogens is 3. The van der Waals surface area contributed by atoms with Crippen molar-refractivity contribution in [3.8, 4) is 10.4 Å². The maximum Gasteiger partial charge on any atom is 0.509 e. The lowest BCUT2D eigenvalue weighted by molar-refractivity contribution is -0.192. The van der Waals surface area contributed by atoms with E-state index in [4.69, 9.17) is 25.1 Å². The summed E-state index contributed by atoms with van der Waals surface area (Å²) in [6.45, 7) is 6.70. The molecule has 0 radical (unpaired) electrons. The number of rotatable bonds is 23. The van der Waals surface area contributed by atoms with E-state index in [1.165, 1.54) is 36.4 Å². The number of ether oxygens (including phenoxy) is 2. The van der Waals surface area contributed by atoms with Gasteiger partial charge in [-0.15, -0.1) is 11.3 Å². The number of piperazine rings is 1. The summed E-state index contributed by atoms with van der Waals surface area (Å²) in [7, 11) is 1.94. The van der Waals surface area contributed by atoms with Gasteiger partial charge in [0.15, 0.2) is 0 Å². The number of likely N-dealkylation sites (N-methyl/N-ethyl adjacent to an activating group) is 1. The molecule has 444 valence electrons. The lowest BCUT2D eigenvalue weighted by Gasteiger charge is -2.39. The highest BCUT2D eigenvalue weighted by molar-refractivity contribution is 7.13. The van der Waals surface area contributed by atoms with Crippen molar-refractivity contribution in [3.63, 3.8) is 0 Å². The van der Waals surface area contributed by atoms with Crippen molar-refractivity contribution in [3.05, 3.63) is 83.0 Å². The third-order valence-corrected chi connectivity index (χ3v) is 15.3. The van der Waals surface area contributed by atoms with Crippen LogP contribution in [0.4, 0.5) is 28.4 Å². The van der Waals surface area contributed by atoms with E-state index in [9.17, 15) is 56.3 Å². The first-order valence-electron chi connectivity index (χ1n) is 26.7. The Hall–Kier alpha value is -7.98. The fourth-order valence-corrected chi connectivity index (χ4v) is 10.2. The number of imide groups is 1. The molecule has 9 amide bonds. The van der Waals surface area contributed by atoms with E-state index >= 15 is 0 Å². The van der Waals surface area contributed by atoms with E-state index in [1.807, 2.05) is 50.7 Å². The third-order valence-electron chi connectivity index (χ3n) is 14.3. The molecule has 82 heavy (non-hydrogen) atoms. The van der Waals surface area contributed by atoms with Crippen molar-refractivity contribution < 1.29 is 75.7 Å². The Morgan fingerprint density at radius 3 is 2.09 bits per heavy atom. The van der Waals surface area contributed by atoms with Gasteiger partial charge in [-0.3, -0.25) is 38.5 Å². The van der Waals surface area contributed by atoms with Crippen LogP contribution in [-0.2, 0) is 47.8 Å². The fourth-order valence-electron chi connectivity index (χ4n) is 9.34. The monoisotopic (exact) mass is 1170 g/mol. The van der Waals surface area contributed by atoms with Crippen molar-refractivity contribution in [1.82, 2.24) is 46.3 Å². The molecule has 0 spiro atoms. The number of nitrogens with one attached hydrogen (secondary N) is 6. The molecule has 5 atom stereocenters. The van der Waals surface area contributed by atoms with E-state index < -0.39 is 77.7 Å². The van der Waals surface area contributed by atoms with E-state index in [1.54, 1.807) is 16.2 Å². The van der Waals surface area contributed by atoms with Crippen LogP contribution < -0.4 is 37.6 Å². The molecule has 0 bridgehead atoms. The Morgan fingerprint density at radius 2 is 1.50 bits per heavy atom. The molecule has 24 nitrogen and oxygen atoms in total. The summed E-state index contributed by atoms with van der Waals surface area (Å²) >= 11 is 1.57. The van der Waals surface area contributed by atoms with Crippen molar-refractivity contribution >= 4 is 76.5 Å². The largest absolute Gasteiger partial charge is 0.509 e. The average Bonchev–Trinajstić information content (AvgIpc) is 3.55. The Balaban J connectivity index is 0.00000145. The second-order valence-electron chi connectivity index (χ2n) is 20.2. The van der Waals surface area contributed by atoms with Crippen molar-refractivity contribution in [1.29, 1.82) is 0 Å². The van der Waals surface area contributed by atoms with Crippen molar-refractivity contribution in [2.24, 2.45) is 11.1 Å². The minimum Gasteiger partial charge on any atom is -0.475 e. The van der Waals surface area contributed by atoms with Gasteiger partial charge in [0.1, 0.15) is 17.6 Å². The van der Waals surface area contributed by atoms with Gasteiger partial charge in [-0.2, -0.15) is 13.2 Å². The van der Waals surface area contributed by atoms with Crippen LogP contribution in [0.3, 0.4) is 0 Å². The molecule has 3 aliphatic heterocycles. The van der Waals surface area contributed by atoms with Crippen LogP contribution in [0.1, 0.15) is 93.7 Å². The number of nitrogens with two attached hydrogens (primary N) is 1. The number of alkyl halides is 3. The second kappa shape index (κ2) is 29.1. The molecule has 1 aliphatic carbocycles. The minimum absolute atomic E-state index is 0.0763. The number of nitrogens with zero attached hydrogens (tertiary/aromatic N) is 4. The van der Waals surface area contributed by atoms with E-state index in [2.05, 4.69) is 41.8 Å². The quantitative estimate of drug-likeness (QED) is 0.0291. The minimum atomic E-state index is -5.08. The maximum atomic E-state index is 14.1. The van der Waals surface area contributed by atoms with Gasteiger partial charge in [-0.25, -0.2) is 19.4 Å². The summed E-state index contributed by atoms with van der Waals surface area (Å²) in [5.41, 5.74) is 9.17. The highest BCUT2D eigenvalue weighted by Gasteiger charge is 2.51. The Labute approximate surface area is 474 Å². The summed E-state index contributed by atoms with van der Waals surface area (Å²) in [5.74, 6) is -5.86. The van der Waals surface area contributed by atoms with Crippen LogP contribution in [0.5, 0.6) is 0 Å². The van der Waals surface area contributed by atoms with Crippen LogP contribution in [0, 0.1) is 12.3 Å². The average molecular weight is 1170 g/mol. The summed E-state index contributed by atoms with van der Waals surface area (Å²) in [5, 5.41) is 24.2. The molecular weight excluding hydrogens is 1100 g/mol. The zero-order chi connectivity index (χ0) is 59.7. The summed E-state index contributed by atoms with van der Waals surface area (Å²) in [6.07, 6.45) is -2.44. The molecule has 4 heterocycles. The summed E-state index contributed by atoms with van der Waals surface area (Å²) in [4.78, 5) is 136. The van der Waals surface area contributed by atoms with Crippen LogP contribution in [-0.4, -0.2) is 168 Å². The third kappa shape index (κ3) is 17.5. The summed E-state index contributed by atoms with van der Waals surface area (Å²) < 4.78 is 43.2. The number of anilines is 1. The van der Waals surface area contributed by atoms with Gasteiger partial charge in [0.05, 0.1) is 28.2 Å². The van der Waals surface area contributed by atoms with E-state index in [0.717, 1.165) is 26.6 Å². The van der Waals surface area contributed by atoms with Gasteiger partial charge in [0, 0.05) is 82.2 Å². The van der Waals surface area contributed by atoms with Crippen molar-refractivity contribution in [2.75, 3.05) is 64.7 Å². The number of benzene rings is 2. The number of aliphatic carboxylic acids is 1. The molecule has 3 fully saturated rings. The zero-order valence-electron chi connectivity index (χ0n) is 45.5. The lowest BCUT2D eigenvalue weighted by Crippen LogP contribution is -2.58. The zero-order valence-corrected chi connectivity index (χ0v) is 46.3. The molecule has 1 aromatic heterocycles. The first-order valence-corrected chi connectivity index (χ1v) is 27.6. The number of carboxylic acid groups (broad SMARTS) is 1. The number of carbonyl (C=O) groups is 10.